The summed E-state index contributed by atoms with van der Waals surface area (Å²) in [6, 6.07) is 19.4. The van der Waals surface area contributed by atoms with Crippen LogP contribution in [-0.2, 0) is 11.4 Å². The Morgan fingerprint density at radius 3 is 2.62 bits per heavy atom. The summed E-state index contributed by atoms with van der Waals surface area (Å²) in [5.74, 6) is 1.05. The second-order valence-electron chi connectivity index (χ2n) is 6.79. The molecule has 6 nitrogen and oxygen atoms in total. The Bertz CT molecular complexity index is 1210. The zero-order valence-electron chi connectivity index (χ0n) is 17.0. The van der Waals surface area contributed by atoms with Crippen molar-refractivity contribution in [3.63, 3.8) is 0 Å². The van der Waals surface area contributed by atoms with E-state index in [0.717, 1.165) is 11.1 Å². The number of carbonyl (C=O) groups excluding carboxylic acids is 1. The second-order valence-corrected chi connectivity index (χ2v) is 8.23. The van der Waals surface area contributed by atoms with Crippen molar-refractivity contribution in [3.8, 4) is 17.2 Å². The quantitative estimate of drug-likeness (QED) is 0.467. The fourth-order valence-corrected chi connectivity index (χ4v) is 3.97. The Kier molecular flexibility index (Phi) is 6.68. The number of hydrogen-bond acceptors (Lipinski definition) is 6. The summed E-state index contributed by atoms with van der Waals surface area (Å²) in [4.78, 5) is 17.3. The van der Waals surface area contributed by atoms with E-state index in [1.54, 1.807) is 49.6 Å². The molecule has 1 heterocycles. The molecule has 0 saturated carbocycles. The third kappa shape index (κ3) is 5.25. The fourth-order valence-electron chi connectivity index (χ4n) is 2.94. The number of aliphatic imine (C=N–C) groups is 1. The maximum Gasteiger partial charge on any atom is 0.264 e. The third-order valence-corrected chi connectivity index (χ3v) is 5.84. The summed E-state index contributed by atoms with van der Waals surface area (Å²) in [7, 11) is 1.56. The molecule has 3 aromatic rings. The number of ether oxygens (including phenoxy) is 2. The normalized spacial score (nSPS) is 15.8. The van der Waals surface area contributed by atoms with Crippen molar-refractivity contribution in [2.24, 2.45) is 4.99 Å². The SMILES string of the molecule is COc1cc(C=C2SC(=Nc3ccc(O)cc3)NC2=O)ccc1OCc1ccccc1Cl. The van der Waals surface area contributed by atoms with Crippen molar-refractivity contribution in [1.82, 2.24) is 5.32 Å². The van der Waals surface area contributed by atoms with Crippen LogP contribution < -0.4 is 14.8 Å². The number of halogens is 1. The van der Waals surface area contributed by atoms with Gasteiger partial charge in [-0.3, -0.25) is 4.79 Å². The van der Waals surface area contributed by atoms with Gasteiger partial charge in [0.1, 0.15) is 12.4 Å². The van der Waals surface area contributed by atoms with E-state index in [0.29, 0.717) is 38.9 Å². The highest BCUT2D eigenvalue weighted by Gasteiger charge is 2.24. The Morgan fingerprint density at radius 2 is 1.88 bits per heavy atom. The lowest BCUT2D eigenvalue weighted by atomic mass is 10.2. The van der Waals surface area contributed by atoms with Gasteiger partial charge in [0.15, 0.2) is 16.7 Å². The molecule has 0 spiro atoms. The average Bonchev–Trinajstić information content (AvgIpc) is 3.13. The molecule has 1 saturated heterocycles. The fraction of sp³-hybridized carbons (Fsp3) is 0.0833. The lowest BCUT2D eigenvalue weighted by Gasteiger charge is -2.12. The molecular weight excluding hydrogens is 448 g/mol. The van der Waals surface area contributed by atoms with Crippen LogP contribution in [0.3, 0.4) is 0 Å². The van der Waals surface area contributed by atoms with Crippen LogP contribution in [0.15, 0.2) is 76.6 Å². The summed E-state index contributed by atoms with van der Waals surface area (Å²) in [5.41, 5.74) is 2.30. The van der Waals surface area contributed by atoms with E-state index < -0.39 is 0 Å². The number of phenols is 1. The molecule has 1 aliphatic heterocycles. The monoisotopic (exact) mass is 466 g/mol. The molecule has 2 N–H and O–H groups in total. The molecule has 8 heteroatoms. The summed E-state index contributed by atoms with van der Waals surface area (Å²) in [6.45, 7) is 0.311. The number of amides is 1. The van der Waals surface area contributed by atoms with E-state index in [-0.39, 0.29) is 11.7 Å². The summed E-state index contributed by atoms with van der Waals surface area (Å²) in [5, 5.41) is 13.2. The highest BCUT2D eigenvalue weighted by atomic mass is 35.5. The van der Waals surface area contributed by atoms with E-state index >= 15 is 0 Å². The summed E-state index contributed by atoms with van der Waals surface area (Å²) >= 11 is 7.43. The zero-order valence-corrected chi connectivity index (χ0v) is 18.6. The van der Waals surface area contributed by atoms with Gasteiger partial charge in [-0.15, -0.1) is 0 Å². The van der Waals surface area contributed by atoms with Crippen LogP contribution in [0.5, 0.6) is 17.2 Å². The Hall–Kier alpha value is -3.42. The number of carbonyl (C=O) groups is 1. The Balaban J connectivity index is 1.49. The number of nitrogens with one attached hydrogen (secondary N) is 1. The number of methoxy groups -OCH3 is 1. The van der Waals surface area contributed by atoms with Crippen molar-refractivity contribution in [1.29, 1.82) is 0 Å². The van der Waals surface area contributed by atoms with Gasteiger partial charge in [0.05, 0.1) is 17.7 Å². The van der Waals surface area contributed by atoms with Crippen molar-refractivity contribution in [2.45, 2.75) is 6.61 Å². The standard InChI is InChI=1S/C24H19ClN2O4S/c1-30-21-12-15(6-11-20(21)31-14-16-4-2-3-5-19(16)25)13-22-23(29)27-24(32-22)26-17-7-9-18(28)10-8-17/h2-13,28H,14H2,1H3,(H,26,27,29). The molecule has 0 unspecified atom stereocenters. The Labute approximate surface area is 194 Å². The van der Waals surface area contributed by atoms with Crippen LogP contribution in [-0.4, -0.2) is 23.3 Å². The average molecular weight is 467 g/mol. The molecule has 1 aliphatic rings. The van der Waals surface area contributed by atoms with Crippen LogP contribution in [0.4, 0.5) is 5.69 Å². The van der Waals surface area contributed by atoms with Crippen LogP contribution in [0, 0.1) is 0 Å². The maximum absolute atomic E-state index is 12.4. The van der Waals surface area contributed by atoms with Crippen molar-refractivity contribution >= 4 is 46.2 Å². The molecule has 0 aromatic heterocycles. The van der Waals surface area contributed by atoms with Crippen LogP contribution in [0.1, 0.15) is 11.1 Å². The number of aromatic hydroxyl groups is 1. The molecule has 3 aromatic carbocycles. The number of rotatable bonds is 6. The minimum absolute atomic E-state index is 0.158. The zero-order chi connectivity index (χ0) is 22.5. The summed E-state index contributed by atoms with van der Waals surface area (Å²) < 4.78 is 11.3. The van der Waals surface area contributed by atoms with Gasteiger partial charge in [-0.25, -0.2) is 4.99 Å². The van der Waals surface area contributed by atoms with Gasteiger partial charge in [-0.1, -0.05) is 35.9 Å². The molecule has 0 atom stereocenters. The van der Waals surface area contributed by atoms with Gasteiger partial charge in [0.2, 0.25) is 0 Å². The largest absolute Gasteiger partial charge is 0.508 e. The summed E-state index contributed by atoms with van der Waals surface area (Å²) in [6.07, 6.45) is 1.76. The van der Waals surface area contributed by atoms with E-state index in [9.17, 15) is 9.90 Å². The number of phenolic OH excluding ortho intramolecular Hbond substituents is 1. The number of thioether (sulfide) groups is 1. The van der Waals surface area contributed by atoms with Crippen molar-refractivity contribution < 1.29 is 19.4 Å². The van der Waals surface area contributed by atoms with E-state index in [1.807, 2.05) is 30.3 Å². The predicted molar refractivity (Wildman–Crippen MR) is 128 cm³/mol. The van der Waals surface area contributed by atoms with Gasteiger partial charge in [-0.05, 0) is 65.9 Å². The highest BCUT2D eigenvalue weighted by molar-refractivity contribution is 8.18. The van der Waals surface area contributed by atoms with Gasteiger partial charge < -0.3 is 19.9 Å². The van der Waals surface area contributed by atoms with Crippen LogP contribution in [0.25, 0.3) is 6.08 Å². The van der Waals surface area contributed by atoms with Crippen LogP contribution in [0.2, 0.25) is 5.02 Å². The third-order valence-electron chi connectivity index (χ3n) is 4.56. The second kappa shape index (κ2) is 9.80. The molecule has 0 bridgehead atoms. The van der Waals surface area contributed by atoms with E-state index in [4.69, 9.17) is 21.1 Å². The van der Waals surface area contributed by atoms with Gasteiger partial charge in [-0.2, -0.15) is 0 Å². The highest BCUT2D eigenvalue weighted by Crippen LogP contribution is 2.33. The van der Waals surface area contributed by atoms with Gasteiger partial charge in [0, 0.05) is 10.6 Å². The lowest BCUT2D eigenvalue weighted by Crippen LogP contribution is -2.19. The number of benzene rings is 3. The first-order chi connectivity index (χ1) is 15.5. The molecule has 0 aliphatic carbocycles. The molecule has 1 amide bonds. The first-order valence-corrected chi connectivity index (χ1v) is 10.8. The van der Waals surface area contributed by atoms with Crippen LogP contribution >= 0.6 is 23.4 Å². The number of amidine groups is 1. The van der Waals surface area contributed by atoms with E-state index in [1.165, 1.54) is 11.8 Å². The first-order valence-electron chi connectivity index (χ1n) is 9.65. The lowest BCUT2D eigenvalue weighted by molar-refractivity contribution is -0.115. The molecule has 162 valence electrons. The molecule has 0 radical (unpaired) electrons. The minimum Gasteiger partial charge on any atom is -0.508 e. The first kappa shape index (κ1) is 21.8. The number of nitrogens with zero attached hydrogens (tertiary/aromatic N) is 1. The molecule has 32 heavy (non-hydrogen) atoms. The minimum atomic E-state index is -0.231. The smallest absolute Gasteiger partial charge is 0.264 e. The van der Waals surface area contributed by atoms with Gasteiger partial charge in [0.25, 0.3) is 5.91 Å². The van der Waals surface area contributed by atoms with Crippen molar-refractivity contribution in [3.05, 3.63) is 87.8 Å². The number of hydrogen-bond donors (Lipinski definition) is 2. The van der Waals surface area contributed by atoms with E-state index in [2.05, 4.69) is 10.3 Å². The van der Waals surface area contributed by atoms with Gasteiger partial charge >= 0.3 is 0 Å². The van der Waals surface area contributed by atoms with Crippen molar-refractivity contribution in [2.75, 3.05) is 7.11 Å². The predicted octanol–water partition coefficient (Wildman–Crippen LogP) is 5.52. The maximum atomic E-state index is 12.4. The molecular formula is C24H19ClN2O4S. The topological polar surface area (TPSA) is 80.2 Å². The Morgan fingerprint density at radius 1 is 1.09 bits per heavy atom. The molecule has 1 fully saturated rings. The molecule has 4 rings (SSSR count).